The number of fused-ring (bicyclic) bond motifs is 1. The van der Waals surface area contributed by atoms with Crippen LogP contribution in [-0.2, 0) is 0 Å². The average Bonchev–Trinajstić information content (AvgIpc) is 2.55. The third kappa shape index (κ3) is 3.47. The Morgan fingerprint density at radius 2 is 1.57 bits per heavy atom. The number of hydrogen-bond acceptors (Lipinski definition) is 3. The fraction of sp³-hybridized carbons (Fsp3) is 0. The Kier molecular flexibility index (Phi) is 3.93. The number of rotatable bonds is 3. The Hall–Kier alpha value is -3.34. The summed E-state index contributed by atoms with van der Waals surface area (Å²) in [6.07, 6.45) is 0. The van der Waals surface area contributed by atoms with E-state index in [4.69, 9.17) is 16.2 Å². The highest BCUT2D eigenvalue weighted by Gasteiger charge is 2.09. The molecule has 0 aliphatic carbocycles. The van der Waals surface area contributed by atoms with Gasteiger partial charge in [-0.1, -0.05) is 30.3 Å². The van der Waals surface area contributed by atoms with Crippen LogP contribution in [0.25, 0.3) is 10.8 Å². The summed E-state index contributed by atoms with van der Waals surface area (Å²) in [6.45, 7) is 0. The number of hydrogen-bond donors (Lipinski definition) is 2. The molecule has 23 heavy (non-hydrogen) atoms. The molecule has 5 heteroatoms. The number of aliphatic imine (C=N–C) groups is 1. The summed E-state index contributed by atoms with van der Waals surface area (Å²) in [6, 6.07) is 19.9. The summed E-state index contributed by atoms with van der Waals surface area (Å²) in [4.78, 5) is 16.1. The Balaban J connectivity index is 1.78. The molecule has 3 aromatic rings. The van der Waals surface area contributed by atoms with Crippen molar-refractivity contribution in [3.8, 4) is 5.75 Å². The third-order valence-corrected chi connectivity index (χ3v) is 3.29. The lowest BCUT2D eigenvalue weighted by Gasteiger charge is -2.06. The van der Waals surface area contributed by atoms with Crippen molar-refractivity contribution in [1.29, 1.82) is 0 Å². The standard InChI is InChI=1S/C18H15N3O2/c19-18(20)21-15-8-5-13(6-9-15)17(22)23-16-10-7-12-3-1-2-4-14(12)11-16/h1-11H,(H4,19,20,21). The van der Waals surface area contributed by atoms with E-state index in [9.17, 15) is 4.79 Å². The van der Waals surface area contributed by atoms with E-state index in [1.54, 1.807) is 30.3 Å². The van der Waals surface area contributed by atoms with Crippen molar-refractivity contribution in [2.75, 3.05) is 0 Å². The van der Waals surface area contributed by atoms with Gasteiger partial charge in [0.25, 0.3) is 0 Å². The summed E-state index contributed by atoms with van der Waals surface area (Å²) in [5, 5.41) is 2.11. The van der Waals surface area contributed by atoms with Crippen molar-refractivity contribution in [2.45, 2.75) is 0 Å². The summed E-state index contributed by atoms with van der Waals surface area (Å²) in [5.41, 5.74) is 11.6. The second kappa shape index (κ2) is 6.19. The molecule has 0 unspecified atom stereocenters. The number of ether oxygens (including phenoxy) is 1. The highest BCUT2D eigenvalue weighted by atomic mass is 16.5. The van der Waals surface area contributed by atoms with E-state index in [0.29, 0.717) is 17.0 Å². The number of benzene rings is 3. The first-order chi connectivity index (χ1) is 11.1. The third-order valence-electron chi connectivity index (χ3n) is 3.29. The van der Waals surface area contributed by atoms with Crippen LogP contribution in [0.3, 0.4) is 0 Å². The number of esters is 1. The second-order valence-electron chi connectivity index (χ2n) is 4.98. The van der Waals surface area contributed by atoms with Crippen molar-refractivity contribution in [3.05, 3.63) is 72.3 Å². The summed E-state index contributed by atoms with van der Waals surface area (Å²) < 4.78 is 5.41. The maximum Gasteiger partial charge on any atom is 0.343 e. The molecule has 0 aliphatic heterocycles. The van der Waals surface area contributed by atoms with Crippen LogP contribution in [0, 0.1) is 0 Å². The van der Waals surface area contributed by atoms with Crippen molar-refractivity contribution in [3.63, 3.8) is 0 Å². The van der Waals surface area contributed by atoms with E-state index in [1.807, 2.05) is 36.4 Å². The number of guanidine groups is 1. The van der Waals surface area contributed by atoms with Crippen LogP contribution in [0.4, 0.5) is 5.69 Å². The molecule has 0 aliphatic rings. The van der Waals surface area contributed by atoms with Crippen LogP contribution < -0.4 is 16.2 Å². The molecule has 0 heterocycles. The highest BCUT2D eigenvalue weighted by Crippen LogP contribution is 2.22. The van der Waals surface area contributed by atoms with Crippen molar-refractivity contribution in [2.24, 2.45) is 16.5 Å². The molecule has 0 saturated carbocycles. The van der Waals surface area contributed by atoms with Gasteiger partial charge in [-0.05, 0) is 47.2 Å². The molecule has 0 fully saturated rings. The molecule has 3 rings (SSSR count). The van der Waals surface area contributed by atoms with E-state index >= 15 is 0 Å². The molecule has 3 aromatic carbocycles. The van der Waals surface area contributed by atoms with E-state index in [0.717, 1.165) is 10.8 Å². The molecule has 0 bridgehead atoms. The SMILES string of the molecule is NC(N)=Nc1ccc(C(=O)Oc2ccc3ccccc3c2)cc1. The Bertz CT molecular complexity index is 882. The van der Waals surface area contributed by atoms with Gasteiger partial charge in [-0.3, -0.25) is 0 Å². The van der Waals surface area contributed by atoms with Crippen LogP contribution in [0.1, 0.15) is 10.4 Å². The normalized spacial score (nSPS) is 10.3. The molecule has 0 amide bonds. The zero-order valence-electron chi connectivity index (χ0n) is 12.3. The van der Waals surface area contributed by atoms with E-state index < -0.39 is 5.97 Å². The van der Waals surface area contributed by atoms with E-state index in [-0.39, 0.29) is 5.96 Å². The van der Waals surface area contributed by atoms with Crippen LogP contribution in [0.5, 0.6) is 5.75 Å². The predicted octanol–water partition coefficient (Wildman–Crippen LogP) is 2.96. The minimum Gasteiger partial charge on any atom is -0.423 e. The van der Waals surface area contributed by atoms with Crippen molar-refractivity contribution >= 4 is 28.4 Å². The van der Waals surface area contributed by atoms with Crippen LogP contribution in [0.2, 0.25) is 0 Å². The lowest BCUT2D eigenvalue weighted by molar-refractivity contribution is 0.0735. The van der Waals surface area contributed by atoms with Crippen molar-refractivity contribution in [1.82, 2.24) is 0 Å². The van der Waals surface area contributed by atoms with Gasteiger partial charge in [0, 0.05) is 0 Å². The number of carbonyl (C=O) groups excluding carboxylic acids is 1. The van der Waals surface area contributed by atoms with Crippen LogP contribution >= 0.6 is 0 Å². The topological polar surface area (TPSA) is 90.7 Å². The minimum absolute atomic E-state index is 0.0310. The molecule has 0 aromatic heterocycles. The van der Waals surface area contributed by atoms with Gasteiger partial charge in [0.2, 0.25) is 0 Å². The molecule has 114 valence electrons. The Labute approximate surface area is 133 Å². The number of nitrogens with two attached hydrogens (primary N) is 2. The molecule has 0 radical (unpaired) electrons. The molecule has 5 nitrogen and oxygen atoms in total. The van der Waals surface area contributed by atoms with Gasteiger partial charge in [-0.2, -0.15) is 0 Å². The quantitative estimate of drug-likeness (QED) is 0.337. The fourth-order valence-corrected chi connectivity index (χ4v) is 2.22. The van der Waals surface area contributed by atoms with Gasteiger partial charge < -0.3 is 16.2 Å². The lowest BCUT2D eigenvalue weighted by Crippen LogP contribution is -2.21. The summed E-state index contributed by atoms with van der Waals surface area (Å²) >= 11 is 0. The van der Waals surface area contributed by atoms with E-state index in [1.165, 1.54) is 0 Å². The molecular weight excluding hydrogens is 290 g/mol. The summed E-state index contributed by atoms with van der Waals surface area (Å²) in [5.74, 6) is 0.0371. The molecule has 0 atom stereocenters. The largest absolute Gasteiger partial charge is 0.423 e. The molecular formula is C18H15N3O2. The van der Waals surface area contributed by atoms with Gasteiger partial charge in [-0.25, -0.2) is 9.79 Å². The molecule has 0 spiro atoms. The smallest absolute Gasteiger partial charge is 0.343 e. The zero-order chi connectivity index (χ0) is 16.2. The Morgan fingerprint density at radius 3 is 2.26 bits per heavy atom. The first-order valence-corrected chi connectivity index (χ1v) is 7.02. The molecule has 4 N–H and O–H groups in total. The maximum absolute atomic E-state index is 12.2. The predicted molar refractivity (Wildman–Crippen MR) is 90.8 cm³/mol. The van der Waals surface area contributed by atoms with Crippen molar-refractivity contribution < 1.29 is 9.53 Å². The van der Waals surface area contributed by atoms with Crippen LogP contribution in [-0.4, -0.2) is 11.9 Å². The van der Waals surface area contributed by atoms with Gasteiger partial charge >= 0.3 is 5.97 Å². The number of carbonyl (C=O) groups is 1. The van der Waals surface area contributed by atoms with Gasteiger partial charge in [-0.15, -0.1) is 0 Å². The minimum atomic E-state index is -0.434. The highest BCUT2D eigenvalue weighted by molar-refractivity contribution is 5.92. The van der Waals surface area contributed by atoms with Crippen LogP contribution in [0.15, 0.2) is 71.7 Å². The van der Waals surface area contributed by atoms with Gasteiger partial charge in [0.1, 0.15) is 5.75 Å². The first kappa shape index (κ1) is 14.6. The Morgan fingerprint density at radius 1 is 0.870 bits per heavy atom. The lowest BCUT2D eigenvalue weighted by atomic mass is 10.1. The number of nitrogens with zero attached hydrogens (tertiary/aromatic N) is 1. The zero-order valence-corrected chi connectivity index (χ0v) is 12.3. The average molecular weight is 305 g/mol. The van der Waals surface area contributed by atoms with E-state index in [2.05, 4.69) is 4.99 Å². The molecule has 0 saturated heterocycles. The summed E-state index contributed by atoms with van der Waals surface area (Å²) in [7, 11) is 0. The van der Waals surface area contributed by atoms with Gasteiger partial charge in [0.15, 0.2) is 5.96 Å². The first-order valence-electron chi connectivity index (χ1n) is 7.02. The monoisotopic (exact) mass is 305 g/mol. The van der Waals surface area contributed by atoms with Gasteiger partial charge in [0.05, 0.1) is 11.3 Å². The maximum atomic E-state index is 12.2. The second-order valence-corrected chi connectivity index (χ2v) is 4.98. The fourth-order valence-electron chi connectivity index (χ4n) is 2.22.